The van der Waals surface area contributed by atoms with Crippen LogP contribution in [0.15, 0.2) is 30.5 Å². The summed E-state index contributed by atoms with van der Waals surface area (Å²) < 4.78 is 28.0. The molecule has 5 nitrogen and oxygen atoms in total. The van der Waals surface area contributed by atoms with Gasteiger partial charge in [-0.2, -0.15) is 5.10 Å². The van der Waals surface area contributed by atoms with E-state index in [1.807, 2.05) is 29.6 Å². The standard InChI is InChI=1S/C16H20F2N4O/c1-3-22-15(4-5-20-22)10-21(2)11-16(23)19-9-12-6-13(17)8-14(18)7-12/h4-8H,3,9-11H2,1-2H3,(H,19,23). The first-order valence-corrected chi connectivity index (χ1v) is 7.39. The molecular formula is C16H20F2N4O. The molecule has 2 rings (SSSR count). The summed E-state index contributed by atoms with van der Waals surface area (Å²) in [4.78, 5) is 13.8. The van der Waals surface area contributed by atoms with Crippen molar-refractivity contribution in [2.75, 3.05) is 13.6 Å². The van der Waals surface area contributed by atoms with Crippen LogP contribution in [0.3, 0.4) is 0 Å². The number of rotatable bonds is 7. The lowest BCUT2D eigenvalue weighted by Gasteiger charge is -2.17. The Bertz CT molecular complexity index is 652. The third-order valence-electron chi connectivity index (χ3n) is 3.36. The molecule has 1 N–H and O–H groups in total. The minimum Gasteiger partial charge on any atom is -0.351 e. The van der Waals surface area contributed by atoms with Crippen molar-refractivity contribution in [1.82, 2.24) is 20.0 Å². The number of hydrogen-bond donors (Lipinski definition) is 1. The number of nitrogens with zero attached hydrogens (tertiary/aromatic N) is 3. The predicted octanol–water partition coefficient (Wildman–Crippen LogP) is 1.93. The lowest BCUT2D eigenvalue weighted by molar-refractivity contribution is -0.122. The largest absolute Gasteiger partial charge is 0.351 e. The van der Waals surface area contributed by atoms with Crippen molar-refractivity contribution in [3.63, 3.8) is 0 Å². The highest BCUT2D eigenvalue weighted by Gasteiger charge is 2.10. The molecule has 0 radical (unpaired) electrons. The van der Waals surface area contributed by atoms with Crippen molar-refractivity contribution < 1.29 is 13.6 Å². The molecule has 124 valence electrons. The molecule has 1 aromatic heterocycles. The van der Waals surface area contributed by atoms with Crippen LogP contribution in [0.4, 0.5) is 8.78 Å². The maximum absolute atomic E-state index is 13.1. The normalized spacial score (nSPS) is 11.0. The van der Waals surface area contributed by atoms with Crippen LogP contribution in [0.5, 0.6) is 0 Å². The summed E-state index contributed by atoms with van der Waals surface area (Å²) in [6.07, 6.45) is 1.73. The van der Waals surface area contributed by atoms with E-state index in [1.54, 1.807) is 6.20 Å². The van der Waals surface area contributed by atoms with Crippen LogP contribution in [-0.4, -0.2) is 34.2 Å². The van der Waals surface area contributed by atoms with Gasteiger partial charge in [0.2, 0.25) is 5.91 Å². The van der Waals surface area contributed by atoms with Crippen LogP contribution >= 0.6 is 0 Å². The van der Waals surface area contributed by atoms with Crippen molar-refractivity contribution >= 4 is 5.91 Å². The summed E-state index contributed by atoms with van der Waals surface area (Å²) in [5.74, 6) is -1.52. The van der Waals surface area contributed by atoms with E-state index < -0.39 is 11.6 Å². The number of aromatic nitrogens is 2. The average molecular weight is 322 g/mol. The first kappa shape index (κ1) is 17.1. The monoisotopic (exact) mass is 322 g/mol. The zero-order valence-electron chi connectivity index (χ0n) is 13.2. The number of carbonyl (C=O) groups is 1. The van der Waals surface area contributed by atoms with Crippen molar-refractivity contribution in [3.05, 3.63) is 53.4 Å². The Hall–Kier alpha value is -2.28. The van der Waals surface area contributed by atoms with Gasteiger partial charge in [-0.15, -0.1) is 0 Å². The molecule has 1 amide bonds. The molecule has 0 unspecified atom stereocenters. The number of carbonyl (C=O) groups excluding carboxylic acids is 1. The third kappa shape index (κ3) is 5.14. The van der Waals surface area contributed by atoms with Gasteiger partial charge in [0.25, 0.3) is 0 Å². The minimum absolute atomic E-state index is 0.0915. The minimum atomic E-state index is -0.654. The Morgan fingerprint density at radius 2 is 2.00 bits per heavy atom. The summed E-state index contributed by atoms with van der Waals surface area (Å²) >= 11 is 0. The number of amides is 1. The number of nitrogens with one attached hydrogen (secondary N) is 1. The average Bonchev–Trinajstić information content (AvgIpc) is 2.91. The van der Waals surface area contributed by atoms with Crippen LogP contribution in [0, 0.1) is 11.6 Å². The fraction of sp³-hybridized carbons (Fsp3) is 0.375. The van der Waals surface area contributed by atoms with E-state index >= 15 is 0 Å². The quantitative estimate of drug-likeness (QED) is 0.847. The fourth-order valence-electron chi connectivity index (χ4n) is 2.33. The summed E-state index contributed by atoms with van der Waals surface area (Å²) in [5.41, 5.74) is 1.41. The molecule has 0 saturated heterocycles. The molecule has 1 heterocycles. The van der Waals surface area contributed by atoms with Gasteiger partial charge in [0.05, 0.1) is 12.2 Å². The van der Waals surface area contributed by atoms with Gasteiger partial charge in [-0.25, -0.2) is 8.78 Å². The summed E-state index contributed by atoms with van der Waals surface area (Å²) in [6, 6.07) is 5.11. The lowest BCUT2D eigenvalue weighted by atomic mass is 10.2. The van der Waals surface area contributed by atoms with Gasteiger partial charge in [-0.05, 0) is 37.7 Å². The van der Waals surface area contributed by atoms with Crippen molar-refractivity contribution in [1.29, 1.82) is 0 Å². The van der Waals surface area contributed by atoms with Crippen LogP contribution in [0.2, 0.25) is 0 Å². The Kier molecular flexibility index (Phi) is 5.81. The van der Waals surface area contributed by atoms with Crippen LogP contribution in [0.1, 0.15) is 18.2 Å². The molecule has 0 aliphatic rings. The second-order valence-corrected chi connectivity index (χ2v) is 5.37. The Morgan fingerprint density at radius 1 is 1.30 bits per heavy atom. The maximum Gasteiger partial charge on any atom is 0.234 e. The topological polar surface area (TPSA) is 50.2 Å². The van der Waals surface area contributed by atoms with Crippen LogP contribution < -0.4 is 5.32 Å². The molecule has 1 aromatic carbocycles. The van der Waals surface area contributed by atoms with Gasteiger partial charge in [-0.1, -0.05) is 0 Å². The SMILES string of the molecule is CCn1nccc1CN(C)CC(=O)NCc1cc(F)cc(F)c1. The fourth-order valence-corrected chi connectivity index (χ4v) is 2.33. The van der Waals surface area contributed by atoms with E-state index in [-0.39, 0.29) is 19.0 Å². The molecular weight excluding hydrogens is 302 g/mol. The van der Waals surface area contributed by atoms with Gasteiger partial charge in [-0.3, -0.25) is 14.4 Å². The number of hydrogen-bond acceptors (Lipinski definition) is 3. The Labute approximate surface area is 133 Å². The number of likely N-dealkylation sites (N-methyl/N-ethyl adjacent to an activating group) is 1. The lowest BCUT2D eigenvalue weighted by Crippen LogP contribution is -2.35. The van der Waals surface area contributed by atoms with Crippen molar-refractivity contribution in [3.8, 4) is 0 Å². The van der Waals surface area contributed by atoms with Gasteiger partial charge >= 0.3 is 0 Å². The van der Waals surface area contributed by atoms with Gasteiger partial charge in [0.15, 0.2) is 0 Å². The summed E-state index contributed by atoms with van der Waals surface area (Å²) in [7, 11) is 1.83. The predicted molar refractivity (Wildman–Crippen MR) is 82.4 cm³/mol. The zero-order chi connectivity index (χ0) is 16.8. The van der Waals surface area contributed by atoms with Gasteiger partial charge in [0, 0.05) is 31.9 Å². The smallest absolute Gasteiger partial charge is 0.234 e. The first-order valence-electron chi connectivity index (χ1n) is 7.39. The van der Waals surface area contributed by atoms with Crippen LogP contribution in [-0.2, 0) is 24.4 Å². The van der Waals surface area contributed by atoms with E-state index in [1.165, 1.54) is 12.1 Å². The number of benzene rings is 1. The van der Waals surface area contributed by atoms with E-state index in [0.717, 1.165) is 18.3 Å². The molecule has 0 bridgehead atoms. The molecule has 0 saturated carbocycles. The summed E-state index contributed by atoms with van der Waals surface area (Å²) in [6.45, 7) is 3.64. The number of aryl methyl sites for hydroxylation is 1. The highest BCUT2D eigenvalue weighted by molar-refractivity contribution is 5.77. The molecule has 0 aliphatic carbocycles. The highest BCUT2D eigenvalue weighted by Crippen LogP contribution is 2.07. The molecule has 0 aliphatic heterocycles. The van der Waals surface area contributed by atoms with Crippen molar-refractivity contribution in [2.45, 2.75) is 26.6 Å². The highest BCUT2D eigenvalue weighted by atomic mass is 19.1. The van der Waals surface area contributed by atoms with Crippen molar-refractivity contribution in [2.24, 2.45) is 0 Å². The summed E-state index contributed by atoms with van der Waals surface area (Å²) in [5, 5.41) is 6.83. The Balaban J connectivity index is 1.82. The second-order valence-electron chi connectivity index (χ2n) is 5.37. The third-order valence-corrected chi connectivity index (χ3v) is 3.36. The molecule has 0 atom stereocenters. The van der Waals surface area contributed by atoms with E-state index in [9.17, 15) is 13.6 Å². The number of halogens is 2. The maximum atomic E-state index is 13.1. The van der Waals surface area contributed by atoms with E-state index in [2.05, 4.69) is 10.4 Å². The van der Waals surface area contributed by atoms with E-state index in [0.29, 0.717) is 12.1 Å². The molecule has 23 heavy (non-hydrogen) atoms. The molecule has 0 spiro atoms. The molecule has 7 heteroatoms. The second kappa shape index (κ2) is 7.82. The van der Waals surface area contributed by atoms with Gasteiger partial charge in [0.1, 0.15) is 11.6 Å². The van der Waals surface area contributed by atoms with Gasteiger partial charge < -0.3 is 5.32 Å². The first-order chi connectivity index (χ1) is 11.0. The van der Waals surface area contributed by atoms with Crippen LogP contribution in [0.25, 0.3) is 0 Å². The molecule has 2 aromatic rings. The molecule has 0 fully saturated rings. The van der Waals surface area contributed by atoms with E-state index in [4.69, 9.17) is 0 Å². The zero-order valence-corrected chi connectivity index (χ0v) is 13.2. The Morgan fingerprint density at radius 3 is 2.65 bits per heavy atom.